The highest BCUT2D eigenvalue weighted by Gasteiger charge is 2.28. The molecule has 20 heavy (non-hydrogen) atoms. The molecule has 1 N–H and O–H groups in total. The van der Waals surface area contributed by atoms with Crippen molar-refractivity contribution in [1.82, 2.24) is 15.1 Å². The number of aryl methyl sites for hydroxylation is 2. The van der Waals surface area contributed by atoms with Gasteiger partial charge in [0.2, 0.25) is 0 Å². The molecule has 4 rings (SSSR count). The number of rotatable bonds is 2. The zero-order valence-corrected chi connectivity index (χ0v) is 12.0. The van der Waals surface area contributed by atoms with Crippen LogP contribution < -0.4 is 5.32 Å². The maximum Gasteiger partial charge on any atom is 0.0540 e. The van der Waals surface area contributed by atoms with E-state index in [4.69, 9.17) is 0 Å². The Bertz CT molecular complexity index is 629. The maximum atomic E-state index is 4.44. The highest BCUT2D eigenvalue weighted by molar-refractivity contribution is 5.35. The maximum absolute atomic E-state index is 4.44. The molecule has 0 radical (unpaired) electrons. The van der Waals surface area contributed by atoms with Gasteiger partial charge in [-0.25, -0.2) is 0 Å². The van der Waals surface area contributed by atoms with Crippen LogP contribution in [0, 0.1) is 0 Å². The molecule has 0 fully saturated rings. The molecule has 0 aliphatic heterocycles. The van der Waals surface area contributed by atoms with Crippen LogP contribution in [-0.2, 0) is 19.9 Å². The van der Waals surface area contributed by atoms with Gasteiger partial charge in [-0.15, -0.1) is 0 Å². The molecule has 2 aliphatic rings. The van der Waals surface area contributed by atoms with E-state index in [1.54, 1.807) is 0 Å². The molecule has 3 nitrogen and oxygen atoms in total. The van der Waals surface area contributed by atoms with Gasteiger partial charge < -0.3 is 5.32 Å². The number of nitrogens with zero attached hydrogens (tertiary/aromatic N) is 2. The summed E-state index contributed by atoms with van der Waals surface area (Å²) in [6, 6.07) is 9.86. The molecule has 2 aliphatic carbocycles. The third kappa shape index (κ3) is 1.88. The number of fused-ring (bicyclic) bond motifs is 2. The summed E-state index contributed by atoms with van der Waals surface area (Å²) < 4.78 is 2.05. The van der Waals surface area contributed by atoms with Crippen LogP contribution in [0.4, 0.5) is 0 Å². The smallest absolute Gasteiger partial charge is 0.0540 e. The van der Waals surface area contributed by atoms with Crippen LogP contribution in [0.2, 0.25) is 0 Å². The first-order valence-electron chi connectivity index (χ1n) is 7.67. The van der Waals surface area contributed by atoms with E-state index in [-0.39, 0.29) is 0 Å². The Hall–Kier alpha value is -1.61. The van der Waals surface area contributed by atoms with Crippen LogP contribution >= 0.6 is 0 Å². The summed E-state index contributed by atoms with van der Waals surface area (Å²) in [5.74, 6) is 0. The van der Waals surface area contributed by atoms with Gasteiger partial charge in [-0.05, 0) is 43.2 Å². The molecule has 1 heterocycles. The number of hydrogen-bond donors (Lipinski definition) is 1. The Balaban J connectivity index is 1.59. The van der Waals surface area contributed by atoms with E-state index in [1.807, 2.05) is 4.68 Å². The predicted octanol–water partition coefficient (Wildman–Crippen LogP) is 3.07. The summed E-state index contributed by atoms with van der Waals surface area (Å²) in [5.41, 5.74) is 5.86. The predicted molar refractivity (Wildman–Crippen MR) is 79.5 cm³/mol. The SMILES string of the molecule is Cn1ncc2c1CCCC2NC1CCc2ccccc21. The molecule has 2 unspecified atom stereocenters. The van der Waals surface area contributed by atoms with Crippen molar-refractivity contribution in [3.05, 3.63) is 52.8 Å². The van der Waals surface area contributed by atoms with Crippen LogP contribution in [0.1, 0.15) is 53.7 Å². The third-order valence-corrected chi connectivity index (χ3v) is 4.91. The van der Waals surface area contributed by atoms with Crippen LogP contribution in [0.3, 0.4) is 0 Å². The topological polar surface area (TPSA) is 29.9 Å². The van der Waals surface area contributed by atoms with Crippen molar-refractivity contribution in [2.75, 3.05) is 0 Å². The van der Waals surface area contributed by atoms with Crippen molar-refractivity contribution in [2.45, 2.75) is 44.2 Å². The fraction of sp³-hybridized carbons (Fsp3) is 0.471. The molecule has 2 atom stereocenters. The van der Waals surface area contributed by atoms with Gasteiger partial charge in [-0.2, -0.15) is 5.10 Å². The van der Waals surface area contributed by atoms with Crippen molar-refractivity contribution in [1.29, 1.82) is 0 Å². The molecule has 104 valence electrons. The zero-order valence-electron chi connectivity index (χ0n) is 12.0. The lowest BCUT2D eigenvalue weighted by Gasteiger charge is -2.27. The van der Waals surface area contributed by atoms with Crippen LogP contribution in [0.5, 0.6) is 0 Å². The first kappa shape index (κ1) is 12.2. The largest absolute Gasteiger partial charge is 0.303 e. The zero-order chi connectivity index (χ0) is 13.5. The minimum atomic E-state index is 0.476. The lowest BCUT2D eigenvalue weighted by Crippen LogP contribution is -2.28. The van der Waals surface area contributed by atoms with Gasteiger partial charge in [-0.3, -0.25) is 4.68 Å². The van der Waals surface area contributed by atoms with Gasteiger partial charge in [-0.1, -0.05) is 24.3 Å². The average Bonchev–Trinajstić information content (AvgIpc) is 3.05. The first-order valence-corrected chi connectivity index (χ1v) is 7.67. The van der Waals surface area contributed by atoms with E-state index in [0.717, 1.165) is 0 Å². The second-order valence-electron chi connectivity index (χ2n) is 6.07. The summed E-state index contributed by atoms with van der Waals surface area (Å²) in [6.45, 7) is 0. The van der Waals surface area contributed by atoms with E-state index < -0.39 is 0 Å². The molecule has 1 aromatic heterocycles. The third-order valence-electron chi connectivity index (χ3n) is 4.91. The van der Waals surface area contributed by atoms with Gasteiger partial charge in [0.05, 0.1) is 6.20 Å². The molecule has 3 heteroatoms. The summed E-state index contributed by atoms with van der Waals surface area (Å²) in [5, 5.41) is 8.33. The summed E-state index contributed by atoms with van der Waals surface area (Å²) in [6.07, 6.45) is 8.17. The summed E-state index contributed by atoms with van der Waals surface area (Å²) >= 11 is 0. The molecule has 0 saturated carbocycles. The monoisotopic (exact) mass is 267 g/mol. The fourth-order valence-electron chi connectivity index (χ4n) is 3.85. The van der Waals surface area contributed by atoms with Gasteiger partial charge in [0.15, 0.2) is 0 Å². The molecule has 0 spiro atoms. The second kappa shape index (κ2) is 4.74. The number of aromatic nitrogens is 2. The van der Waals surface area contributed by atoms with Gasteiger partial charge in [0.25, 0.3) is 0 Å². The highest BCUT2D eigenvalue weighted by atomic mass is 15.3. The Morgan fingerprint density at radius 3 is 2.90 bits per heavy atom. The van der Waals surface area contributed by atoms with Crippen molar-refractivity contribution in [2.24, 2.45) is 7.05 Å². The van der Waals surface area contributed by atoms with Crippen molar-refractivity contribution < 1.29 is 0 Å². The molecule has 2 aromatic rings. The Morgan fingerprint density at radius 2 is 1.95 bits per heavy atom. The van der Waals surface area contributed by atoms with E-state index >= 15 is 0 Å². The minimum absolute atomic E-state index is 0.476. The average molecular weight is 267 g/mol. The molecule has 0 amide bonds. The summed E-state index contributed by atoms with van der Waals surface area (Å²) in [4.78, 5) is 0. The van der Waals surface area contributed by atoms with Crippen molar-refractivity contribution in [3.63, 3.8) is 0 Å². The van der Waals surface area contributed by atoms with Gasteiger partial charge in [0.1, 0.15) is 0 Å². The number of nitrogens with one attached hydrogen (secondary N) is 1. The molecule has 1 aromatic carbocycles. The fourth-order valence-corrected chi connectivity index (χ4v) is 3.85. The first-order chi connectivity index (χ1) is 9.83. The standard InChI is InChI=1S/C17H21N3/c1-20-17-8-4-7-15(14(17)11-18-20)19-16-10-9-12-5-2-3-6-13(12)16/h2-3,5-6,11,15-16,19H,4,7-10H2,1H3. The van der Waals surface area contributed by atoms with E-state index in [1.165, 1.54) is 54.5 Å². The summed E-state index contributed by atoms with van der Waals surface area (Å²) in [7, 11) is 2.06. The molecule has 0 saturated heterocycles. The Morgan fingerprint density at radius 1 is 1.10 bits per heavy atom. The van der Waals surface area contributed by atoms with E-state index in [0.29, 0.717) is 12.1 Å². The lowest BCUT2D eigenvalue weighted by molar-refractivity contribution is 0.395. The van der Waals surface area contributed by atoms with E-state index in [9.17, 15) is 0 Å². The van der Waals surface area contributed by atoms with Gasteiger partial charge >= 0.3 is 0 Å². The van der Waals surface area contributed by atoms with Gasteiger partial charge in [0, 0.05) is 30.4 Å². The second-order valence-corrected chi connectivity index (χ2v) is 6.07. The quantitative estimate of drug-likeness (QED) is 0.906. The van der Waals surface area contributed by atoms with E-state index in [2.05, 4.69) is 47.9 Å². The Kier molecular flexibility index (Phi) is 2.88. The molecular weight excluding hydrogens is 246 g/mol. The van der Waals surface area contributed by atoms with Crippen molar-refractivity contribution >= 4 is 0 Å². The minimum Gasteiger partial charge on any atom is -0.303 e. The molecular formula is C17H21N3. The Labute approximate surface area is 120 Å². The van der Waals surface area contributed by atoms with Crippen LogP contribution in [-0.4, -0.2) is 9.78 Å². The number of hydrogen-bond acceptors (Lipinski definition) is 2. The van der Waals surface area contributed by atoms with Crippen molar-refractivity contribution in [3.8, 4) is 0 Å². The lowest BCUT2D eigenvalue weighted by atomic mass is 9.92. The normalized spacial score (nSPS) is 24.4. The number of benzene rings is 1. The van der Waals surface area contributed by atoms with Crippen LogP contribution in [0.15, 0.2) is 30.5 Å². The van der Waals surface area contributed by atoms with Crippen LogP contribution in [0.25, 0.3) is 0 Å². The molecule has 0 bridgehead atoms. The highest BCUT2D eigenvalue weighted by Crippen LogP contribution is 2.36.